The van der Waals surface area contributed by atoms with Gasteiger partial charge in [0.25, 0.3) is 6.43 Å². The van der Waals surface area contributed by atoms with Gasteiger partial charge in [-0.2, -0.15) is 15.1 Å². The monoisotopic (exact) mass is 273 g/mol. The summed E-state index contributed by atoms with van der Waals surface area (Å²) >= 11 is 0. The normalized spacial score (nSPS) is 11.2. The van der Waals surface area contributed by atoms with Gasteiger partial charge in [-0.1, -0.05) is 0 Å². The van der Waals surface area contributed by atoms with Crippen molar-refractivity contribution in [3.05, 3.63) is 6.20 Å². The van der Waals surface area contributed by atoms with Crippen molar-refractivity contribution in [2.75, 3.05) is 30.5 Å². The summed E-state index contributed by atoms with van der Waals surface area (Å²) in [4.78, 5) is 8.15. The predicted octanol–water partition coefficient (Wildman–Crippen LogP) is 0.332. The fourth-order valence-electron chi connectivity index (χ4n) is 1.45. The van der Waals surface area contributed by atoms with Gasteiger partial charge in [-0.25, -0.2) is 14.6 Å². The number of ether oxygens (including phenoxy) is 1. The predicted molar refractivity (Wildman–Crippen MR) is 64.8 cm³/mol. The van der Waals surface area contributed by atoms with Crippen LogP contribution in [-0.2, 0) is 4.74 Å². The maximum absolute atomic E-state index is 11.8. The third-order valence-corrected chi connectivity index (χ3v) is 2.22. The number of aromatic nitrogens is 4. The molecule has 0 radical (unpaired) electrons. The zero-order valence-electron chi connectivity index (χ0n) is 9.86. The summed E-state index contributed by atoms with van der Waals surface area (Å²) in [6.07, 6.45) is -0.912. The van der Waals surface area contributed by atoms with E-state index in [2.05, 4.69) is 30.9 Å². The molecular weight excluding hydrogens is 260 g/mol. The highest BCUT2D eigenvalue weighted by Gasteiger charge is 2.08. The molecule has 0 bridgehead atoms. The molecular formula is C9H13F2N7O. The fraction of sp³-hybridized carbons (Fsp3) is 0.444. The second-order valence-electron chi connectivity index (χ2n) is 3.57. The van der Waals surface area contributed by atoms with Crippen molar-refractivity contribution < 1.29 is 13.5 Å². The number of fused-ring (bicyclic) bond motifs is 1. The molecule has 0 fully saturated rings. The first-order valence-corrected chi connectivity index (χ1v) is 5.48. The van der Waals surface area contributed by atoms with Gasteiger partial charge < -0.3 is 10.1 Å². The summed E-state index contributed by atoms with van der Waals surface area (Å²) in [5, 5.41) is 10.1. The molecule has 2 aromatic rings. The number of nitrogen functional groups attached to an aromatic ring is 1. The van der Waals surface area contributed by atoms with E-state index in [1.54, 1.807) is 6.20 Å². The van der Waals surface area contributed by atoms with Gasteiger partial charge in [0.1, 0.15) is 12.4 Å². The Labute approximate surface area is 106 Å². The lowest BCUT2D eigenvalue weighted by Gasteiger charge is -2.08. The molecule has 0 amide bonds. The molecule has 19 heavy (non-hydrogen) atoms. The van der Waals surface area contributed by atoms with E-state index in [1.807, 2.05) is 0 Å². The molecule has 0 aliphatic heterocycles. The number of anilines is 2. The molecule has 0 saturated heterocycles. The number of alkyl halides is 2. The quantitative estimate of drug-likeness (QED) is 0.326. The molecule has 0 spiro atoms. The van der Waals surface area contributed by atoms with Crippen LogP contribution in [0.25, 0.3) is 11.0 Å². The maximum atomic E-state index is 11.8. The molecule has 104 valence electrons. The van der Waals surface area contributed by atoms with Crippen LogP contribution >= 0.6 is 0 Å². The Balaban J connectivity index is 1.97. The van der Waals surface area contributed by atoms with Crippen molar-refractivity contribution in [3.8, 4) is 0 Å². The van der Waals surface area contributed by atoms with E-state index in [0.29, 0.717) is 23.4 Å². The number of hydrogen-bond donors (Lipinski definition) is 4. The first-order valence-electron chi connectivity index (χ1n) is 5.48. The summed E-state index contributed by atoms with van der Waals surface area (Å²) in [5.41, 5.74) is 2.84. The van der Waals surface area contributed by atoms with Crippen molar-refractivity contribution in [3.63, 3.8) is 0 Å². The number of nitrogens with one attached hydrogen (secondary N) is 3. The van der Waals surface area contributed by atoms with E-state index in [9.17, 15) is 8.78 Å². The summed E-state index contributed by atoms with van der Waals surface area (Å²) in [6, 6.07) is 0. The van der Waals surface area contributed by atoms with Crippen LogP contribution in [0.15, 0.2) is 6.20 Å². The number of halogens is 2. The molecule has 8 nitrogen and oxygen atoms in total. The number of rotatable bonds is 7. The average molecular weight is 273 g/mol. The Bertz CT molecular complexity index is 532. The minimum Gasteiger partial charge on any atom is -0.374 e. The molecule has 0 saturated carbocycles. The minimum atomic E-state index is -2.47. The summed E-state index contributed by atoms with van der Waals surface area (Å²) in [6.45, 7) is -0.116. The number of H-pyrrole nitrogens is 1. The molecule has 2 heterocycles. The molecule has 0 aromatic carbocycles. The lowest BCUT2D eigenvalue weighted by Crippen LogP contribution is -2.15. The van der Waals surface area contributed by atoms with E-state index in [0.717, 1.165) is 0 Å². The SMILES string of the molecule is NNc1nc(NCCOCC(F)F)c2cn[nH]c2n1. The zero-order chi connectivity index (χ0) is 13.7. The van der Waals surface area contributed by atoms with Crippen molar-refractivity contribution in [1.82, 2.24) is 20.2 Å². The van der Waals surface area contributed by atoms with Crippen LogP contribution in [0.1, 0.15) is 0 Å². The molecule has 0 atom stereocenters. The topological polar surface area (TPSA) is 114 Å². The number of hydrogen-bond acceptors (Lipinski definition) is 7. The largest absolute Gasteiger partial charge is 0.374 e. The Hall–Kier alpha value is -2.07. The Morgan fingerprint density at radius 2 is 2.26 bits per heavy atom. The lowest BCUT2D eigenvalue weighted by atomic mass is 10.4. The molecule has 0 aliphatic carbocycles. The number of nitrogens with two attached hydrogens (primary N) is 1. The van der Waals surface area contributed by atoms with Gasteiger partial charge in [-0.15, -0.1) is 0 Å². The van der Waals surface area contributed by atoms with Gasteiger partial charge in [-0.05, 0) is 0 Å². The lowest BCUT2D eigenvalue weighted by molar-refractivity contribution is 0.0215. The summed E-state index contributed by atoms with van der Waals surface area (Å²) < 4.78 is 28.4. The molecule has 2 aromatic heterocycles. The van der Waals surface area contributed by atoms with Crippen LogP contribution in [0.3, 0.4) is 0 Å². The highest BCUT2D eigenvalue weighted by molar-refractivity contribution is 5.86. The van der Waals surface area contributed by atoms with Crippen molar-refractivity contribution in [1.29, 1.82) is 0 Å². The first-order chi connectivity index (χ1) is 9.20. The third kappa shape index (κ3) is 3.45. The van der Waals surface area contributed by atoms with Gasteiger partial charge >= 0.3 is 0 Å². The zero-order valence-corrected chi connectivity index (χ0v) is 9.86. The highest BCUT2D eigenvalue weighted by Crippen LogP contribution is 2.19. The smallest absolute Gasteiger partial charge is 0.261 e. The second kappa shape index (κ2) is 6.20. The number of hydrazine groups is 1. The highest BCUT2D eigenvalue weighted by atomic mass is 19.3. The van der Waals surface area contributed by atoms with Gasteiger partial charge in [0.05, 0.1) is 18.2 Å². The van der Waals surface area contributed by atoms with Crippen LogP contribution in [0.2, 0.25) is 0 Å². The van der Waals surface area contributed by atoms with Crippen LogP contribution in [0.5, 0.6) is 0 Å². The van der Waals surface area contributed by atoms with Crippen molar-refractivity contribution in [2.45, 2.75) is 6.43 Å². The first kappa shape index (κ1) is 13.4. The van der Waals surface area contributed by atoms with E-state index >= 15 is 0 Å². The molecule has 2 rings (SSSR count). The molecule has 0 aliphatic rings. The van der Waals surface area contributed by atoms with E-state index in [-0.39, 0.29) is 12.6 Å². The number of nitrogens with zero attached hydrogens (tertiary/aromatic N) is 3. The standard InChI is InChI=1S/C9H13F2N7O/c10-6(11)4-19-2-1-13-7-5-3-14-18-8(5)16-9(15-7)17-12/h3,6H,1-2,4,12H2,(H3,13,14,15,16,17,18). The molecule has 5 N–H and O–H groups in total. The fourth-order valence-corrected chi connectivity index (χ4v) is 1.45. The van der Waals surface area contributed by atoms with Gasteiger partial charge in [-0.3, -0.25) is 10.5 Å². The van der Waals surface area contributed by atoms with E-state index < -0.39 is 13.0 Å². The molecule has 10 heteroatoms. The van der Waals surface area contributed by atoms with Gasteiger partial charge in [0, 0.05) is 6.54 Å². The van der Waals surface area contributed by atoms with Gasteiger partial charge in [0.15, 0.2) is 5.65 Å². The van der Waals surface area contributed by atoms with Crippen LogP contribution in [-0.4, -0.2) is 46.3 Å². The Morgan fingerprint density at radius 1 is 1.42 bits per heavy atom. The third-order valence-electron chi connectivity index (χ3n) is 2.22. The van der Waals surface area contributed by atoms with Crippen LogP contribution in [0, 0.1) is 0 Å². The Kier molecular flexibility index (Phi) is 4.36. The maximum Gasteiger partial charge on any atom is 0.261 e. The van der Waals surface area contributed by atoms with E-state index in [1.165, 1.54) is 0 Å². The Morgan fingerprint density at radius 3 is 3.00 bits per heavy atom. The average Bonchev–Trinajstić information content (AvgIpc) is 2.85. The van der Waals surface area contributed by atoms with Gasteiger partial charge in [0.2, 0.25) is 5.95 Å². The number of aromatic amines is 1. The summed E-state index contributed by atoms with van der Waals surface area (Å²) in [7, 11) is 0. The summed E-state index contributed by atoms with van der Waals surface area (Å²) in [5.74, 6) is 5.95. The van der Waals surface area contributed by atoms with Crippen molar-refractivity contribution in [2.24, 2.45) is 5.84 Å². The van der Waals surface area contributed by atoms with Crippen LogP contribution in [0.4, 0.5) is 20.5 Å². The second-order valence-corrected chi connectivity index (χ2v) is 3.57. The molecule has 0 unspecified atom stereocenters. The van der Waals surface area contributed by atoms with Crippen LogP contribution < -0.4 is 16.6 Å². The van der Waals surface area contributed by atoms with E-state index in [4.69, 9.17) is 10.6 Å². The van der Waals surface area contributed by atoms with Crippen molar-refractivity contribution >= 4 is 22.8 Å². The minimum absolute atomic E-state index is 0.138.